The summed E-state index contributed by atoms with van der Waals surface area (Å²) in [4.78, 5) is 0. The first-order valence-corrected chi connectivity index (χ1v) is 11.5. The number of piperidine rings is 1. The lowest BCUT2D eigenvalue weighted by atomic mass is 9.80. The van der Waals surface area contributed by atoms with Crippen molar-refractivity contribution in [3.63, 3.8) is 0 Å². The Labute approximate surface area is 209 Å². The Morgan fingerprint density at radius 1 is 1.06 bits per heavy atom. The van der Waals surface area contributed by atoms with Crippen LogP contribution in [0, 0.1) is 5.95 Å². The zero-order chi connectivity index (χ0) is 24.3. The first-order chi connectivity index (χ1) is 16.1. The Morgan fingerprint density at radius 3 is 2.40 bits per heavy atom. The monoisotopic (exact) mass is 500 g/mol. The van der Waals surface area contributed by atoms with E-state index in [0.717, 1.165) is 12.8 Å². The molecule has 0 bridgehead atoms. The van der Waals surface area contributed by atoms with E-state index in [2.05, 4.69) is 58.6 Å². The molecule has 186 valence electrons. The van der Waals surface area contributed by atoms with E-state index in [9.17, 15) is 9.50 Å². The van der Waals surface area contributed by atoms with Gasteiger partial charge in [-0.3, -0.25) is 0 Å². The van der Waals surface area contributed by atoms with Crippen molar-refractivity contribution < 1.29 is 9.50 Å². The lowest BCUT2D eigenvalue weighted by molar-refractivity contribution is 0.127. The first kappa shape index (κ1) is 25.0. The van der Waals surface area contributed by atoms with Crippen LogP contribution in [0.15, 0.2) is 30.5 Å². The number of phenolic OH excluding ortho intramolecular Hbond substituents is 1. The van der Waals surface area contributed by atoms with Gasteiger partial charge in [0.15, 0.2) is 0 Å². The number of fused-ring (bicyclic) bond motifs is 1. The molecule has 1 aliphatic rings. The fourth-order valence-corrected chi connectivity index (χ4v) is 5.27. The van der Waals surface area contributed by atoms with E-state index in [4.69, 9.17) is 0 Å². The van der Waals surface area contributed by atoms with Gasteiger partial charge in [0.05, 0.1) is 23.5 Å². The first-order valence-electron chi connectivity index (χ1n) is 11.5. The fraction of sp³-hybridized carbons (Fsp3) is 0.458. The number of rotatable bonds is 4. The van der Waals surface area contributed by atoms with Gasteiger partial charge in [-0.15, -0.1) is 27.7 Å². The van der Waals surface area contributed by atoms with Crippen LogP contribution in [-0.4, -0.2) is 51.2 Å². The second-order valence-electron chi connectivity index (χ2n) is 10.3. The van der Waals surface area contributed by atoms with Gasteiger partial charge in [-0.05, 0) is 71.2 Å². The summed E-state index contributed by atoms with van der Waals surface area (Å²) in [6.45, 7) is 11.0. The maximum Gasteiger partial charge on any atom is 0.219 e. The molecule has 0 saturated carbocycles. The highest BCUT2D eigenvalue weighted by Crippen LogP contribution is 2.37. The van der Waals surface area contributed by atoms with Crippen LogP contribution in [0.1, 0.15) is 53.5 Å². The predicted molar refractivity (Wildman–Crippen MR) is 134 cm³/mol. The molecule has 3 aromatic heterocycles. The third-order valence-electron chi connectivity index (χ3n) is 6.39. The molecule has 0 aliphatic carbocycles. The molecule has 4 heterocycles. The highest BCUT2D eigenvalue weighted by molar-refractivity contribution is 5.85. The lowest BCUT2D eigenvalue weighted by Gasteiger charge is -2.46. The summed E-state index contributed by atoms with van der Waals surface area (Å²) in [5, 5.41) is 35.9. The van der Waals surface area contributed by atoms with E-state index in [1.54, 1.807) is 18.2 Å². The quantitative estimate of drug-likeness (QED) is 0.424. The van der Waals surface area contributed by atoms with E-state index >= 15 is 0 Å². The molecule has 1 saturated heterocycles. The second kappa shape index (κ2) is 8.83. The van der Waals surface area contributed by atoms with Crippen molar-refractivity contribution in [2.45, 2.75) is 71.1 Å². The van der Waals surface area contributed by atoms with Crippen molar-refractivity contribution in [3.8, 4) is 28.1 Å². The molecule has 0 unspecified atom stereocenters. The summed E-state index contributed by atoms with van der Waals surface area (Å²) in [5.74, 6) is -0.458. The number of hydrogen-bond acceptors (Lipinski definition) is 7. The number of hydrogen-bond donors (Lipinski definition) is 2. The van der Waals surface area contributed by atoms with Crippen molar-refractivity contribution >= 4 is 23.6 Å². The minimum atomic E-state index is -0.434. The van der Waals surface area contributed by atoms with Gasteiger partial charge in [0.25, 0.3) is 0 Å². The molecular formula is C24H30ClFN8O. The molecular weight excluding hydrogens is 471 g/mol. The molecule has 11 heteroatoms. The van der Waals surface area contributed by atoms with Crippen LogP contribution < -0.4 is 5.32 Å². The predicted octanol–water partition coefficient (Wildman–Crippen LogP) is 4.52. The van der Waals surface area contributed by atoms with Gasteiger partial charge in [-0.25, -0.2) is 9.36 Å². The van der Waals surface area contributed by atoms with Crippen molar-refractivity contribution in [1.29, 1.82) is 0 Å². The summed E-state index contributed by atoms with van der Waals surface area (Å²) in [7, 11) is 0. The lowest BCUT2D eigenvalue weighted by Crippen LogP contribution is -2.58. The molecule has 9 nitrogen and oxygen atoms in total. The number of aromatic hydroxyl groups is 1. The van der Waals surface area contributed by atoms with Crippen LogP contribution in [-0.2, 0) is 6.54 Å². The van der Waals surface area contributed by atoms with E-state index < -0.39 is 5.95 Å². The van der Waals surface area contributed by atoms with E-state index in [1.165, 1.54) is 16.9 Å². The van der Waals surface area contributed by atoms with Gasteiger partial charge in [0.1, 0.15) is 11.3 Å². The number of phenols is 1. The summed E-state index contributed by atoms with van der Waals surface area (Å²) < 4.78 is 17.6. The SMILES string of the molecule is CCn1ncc(-c2ccc(-c3cc4nnn(C5CC(C)(C)NC(C)(C)C5)c4nn3)c(O)c2)c1F.Cl. The summed E-state index contributed by atoms with van der Waals surface area (Å²) >= 11 is 0. The molecule has 5 rings (SSSR count). The third-order valence-corrected chi connectivity index (χ3v) is 6.39. The molecule has 0 spiro atoms. The molecule has 0 atom stereocenters. The molecule has 1 aliphatic heterocycles. The topological polar surface area (TPSA) is 107 Å². The normalized spacial score (nSPS) is 17.4. The van der Waals surface area contributed by atoms with Crippen LogP contribution in [0.4, 0.5) is 4.39 Å². The Balaban J connectivity index is 0.00000289. The van der Waals surface area contributed by atoms with Gasteiger partial charge in [-0.2, -0.15) is 9.49 Å². The smallest absolute Gasteiger partial charge is 0.219 e. The zero-order valence-electron chi connectivity index (χ0n) is 20.4. The van der Waals surface area contributed by atoms with E-state index in [-0.39, 0.29) is 35.3 Å². The van der Waals surface area contributed by atoms with Gasteiger partial charge in [0, 0.05) is 23.2 Å². The molecule has 35 heavy (non-hydrogen) atoms. The van der Waals surface area contributed by atoms with Gasteiger partial charge in [0.2, 0.25) is 11.6 Å². The van der Waals surface area contributed by atoms with E-state index in [1.807, 2.05) is 11.6 Å². The van der Waals surface area contributed by atoms with Gasteiger partial charge < -0.3 is 10.4 Å². The number of nitrogens with zero attached hydrogens (tertiary/aromatic N) is 7. The summed E-state index contributed by atoms with van der Waals surface area (Å²) in [6.07, 6.45) is 3.25. The number of aromatic nitrogens is 7. The van der Waals surface area contributed by atoms with Crippen molar-refractivity contribution in [3.05, 3.63) is 36.4 Å². The van der Waals surface area contributed by atoms with E-state index in [0.29, 0.717) is 40.1 Å². The van der Waals surface area contributed by atoms with Crippen molar-refractivity contribution in [2.75, 3.05) is 0 Å². The van der Waals surface area contributed by atoms with Crippen LogP contribution >= 0.6 is 12.4 Å². The Morgan fingerprint density at radius 2 is 1.77 bits per heavy atom. The summed E-state index contributed by atoms with van der Waals surface area (Å²) in [5.41, 5.74) is 2.97. The standard InChI is InChI=1S/C24H29FN8O.ClH/c1-6-32-21(25)17(13-26-32)14-7-8-16(20(34)9-14)18-10-19-22(29-27-18)33(31-28-19)15-11-23(2,3)30-24(4,5)12-15;/h7-10,13,15,30,34H,6,11-12H2,1-5H3;1H. The Hall–Kier alpha value is -3.11. The third kappa shape index (κ3) is 4.60. The Kier molecular flexibility index (Phi) is 6.31. The van der Waals surface area contributed by atoms with Crippen LogP contribution in [0.3, 0.4) is 0 Å². The molecule has 0 radical (unpaired) electrons. The van der Waals surface area contributed by atoms with Gasteiger partial charge in [-0.1, -0.05) is 11.3 Å². The second-order valence-corrected chi connectivity index (χ2v) is 10.3. The number of benzene rings is 1. The minimum Gasteiger partial charge on any atom is -0.507 e. The van der Waals surface area contributed by atoms with Crippen LogP contribution in [0.5, 0.6) is 5.75 Å². The number of aryl methyl sites for hydroxylation is 1. The largest absolute Gasteiger partial charge is 0.507 e. The molecule has 4 aromatic rings. The van der Waals surface area contributed by atoms with Crippen molar-refractivity contribution in [2.24, 2.45) is 0 Å². The zero-order valence-corrected chi connectivity index (χ0v) is 21.3. The van der Waals surface area contributed by atoms with Crippen molar-refractivity contribution in [1.82, 2.24) is 40.3 Å². The maximum atomic E-state index is 14.5. The highest BCUT2D eigenvalue weighted by Gasteiger charge is 2.39. The van der Waals surface area contributed by atoms with Gasteiger partial charge >= 0.3 is 0 Å². The summed E-state index contributed by atoms with van der Waals surface area (Å²) in [6, 6.07) is 6.86. The highest BCUT2D eigenvalue weighted by atomic mass is 35.5. The minimum absolute atomic E-state index is 0. The molecule has 1 aromatic carbocycles. The molecule has 0 amide bonds. The molecule has 1 fully saturated rings. The average Bonchev–Trinajstić information content (AvgIpc) is 3.34. The molecule has 2 N–H and O–H groups in total. The average molecular weight is 501 g/mol. The number of nitrogens with one attached hydrogen (secondary N) is 1. The van der Waals surface area contributed by atoms with Crippen LogP contribution in [0.25, 0.3) is 33.5 Å². The Bertz CT molecular complexity index is 1360. The maximum absolute atomic E-state index is 14.5. The fourth-order valence-electron chi connectivity index (χ4n) is 5.27. The number of halogens is 2. The van der Waals surface area contributed by atoms with Crippen LogP contribution in [0.2, 0.25) is 0 Å².